The summed E-state index contributed by atoms with van der Waals surface area (Å²) in [4.78, 5) is 12.2. The molecule has 0 aromatic rings. The highest BCUT2D eigenvalue weighted by molar-refractivity contribution is 8.00. The van der Waals surface area contributed by atoms with Crippen molar-refractivity contribution in [2.24, 2.45) is 0 Å². The molecule has 0 atom stereocenters. The summed E-state index contributed by atoms with van der Waals surface area (Å²) in [7, 11) is 0. The first-order valence-electron chi connectivity index (χ1n) is 5.39. The summed E-state index contributed by atoms with van der Waals surface area (Å²) in [6.45, 7) is 4.61. The van der Waals surface area contributed by atoms with Gasteiger partial charge < -0.3 is 10.0 Å². The lowest BCUT2D eigenvalue weighted by molar-refractivity contribution is -0.137. The van der Waals surface area contributed by atoms with E-state index in [4.69, 9.17) is 5.11 Å². The molecule has 0 aromatic carbocycles. The van der Waals surface area contributed by atoms with Crippen molar-refractivity contribution in [2.45, 2.75) is 38.2 Å². The van der Waals surface area contributed by atoms with Crippen LogP contribution in [0.25, 0.3) is 0 Å². The van der Waals surface area contributed by atoms with Crippen molar-refractivity contribution < 1.29 is 23.1 Å². The molecular formula is C10H18F3NO2S. The average molecular weight is 273 g/mol. The molecule has 3 nitrogen and oxygen atoms in total. The molecule has 0 heterocycles. The second-order valence-corrected chi connectivity index (χ2v) is 5.08. The minimum atomic E-state index is -4.19. The Morgan fingerprint density at radius 1 is 1.35 bits per heavy atom. The summed E-state index contributed by atoms with van der Waals surface area (Å²) in [5.74, 6) is -0.896. The van der Waals surface area contributed by atoms with Crippen LogP contribution in [0.2, 0.25) is 0 Å². The van der Waals surface area contributed by atoms with Crippen molar-refractivity contribution in [3.8, 4) is 0 Å². The Bertz CT molecular complexity index is 234. The fourth-order valence-electron chi connectivity index (χ4n) is 1.34. The molecule has 0 saturated heterocycles. The summed E-state index contributed by atoms with van der Waals surface area (Å²) >= 11 is -0.0389. The number of hydrogen-bond acceptors (Lipinski definition) is 3. The second-order valence-electron chi connectivity index (χ2n) is 3.92. The average Bonchev–Trinajstić information content (AvgIpc) is 2.12. The molecule has 0 spiro atoms. The van der Waals surface area contributed by atoms with Crippen LogP contribution in [0.15, 0.2) is 0 Å². The van der Waals surface area contributed by atoms with Crippen molar-refractivity contribution in [1.29, 1.82) is 0 Å². The van der Waals surface area contributed by atoms with Gasteiger partial charge in [-0.1, -0.05) is 0 Å². The molecule has 0 rings (SSSR count). The Hall–Kier alpha value is -0.430. The molecule has 102 valence electrons. The number of rotatable bonds is 8. The first-order chi connectivity index (χ1) is 7.72. The van der Waals surface area contributed by atoms with Gasteiger partial charge in [0.1, 0.15) is 0 Å². The number of thioether (sulfide) groups is 1. The SMILES string of the molecule is CC(C)N(CCCC(=O)O)CCSC(F)(F)F. The first-order valence-corrected chi connectivity index (χ1v) is 6.37. The molecule has 0 aliphatic heterocycles. The third-order valence-electron chi connectivity index (χ3n) is 2.21. The number of hydrogen-bond donors (Lipinski definition) is 1. The van der Waals surface area contributed by atoms with Gasteiger partial charge in [0.05, 0.1) is 0 Å². The van der Waals surface area contributed by atoms with Gasteiger partial charge in [0, 0.05) is 24.8 Å². The lowest BCUT2D eigenvalue weighted by Crippen LogP contribution is -2.34. The van der Waals surface area contributed by atoms with Crippen molar-refractivity contribution in [3.63, 3.8) is 0 Å². The molecular weight excluding hydrogens is 255 g/mol. The zero-order valence-electron chi connectivity index (χ0n) is 9.96. The van der Waals surface area contributed by atoms with E-state index in [0.29, 0.717) is 19.5 Å². The lowest BCUT2D eigenvalue weighted by Gasteiger charge is -2.26. The smallest absolute Gasteiger partial charge is 0.441 e. The number of alkyl halides is 3. The Labute approximate surface area is 103 Å². The number of carbonyl (C=O) groups is 1. The Balaban J connectivity index is 3.87. The predicted octanol–water partition coefficient (Wildman–Crippen LogP) is 2.81. The largest absolute Gasteiger partial charge is 0.481 e. The van der Waals surface area contributed by atoms with Crippen LogP contribution in [0.3, 0.4) is 0 Å². The lowest BCUT2D eigenvalue weighted by atomic mass is 10.2. The van der Waals surface area contributed by atoms with Gasteiger partial charge in [-0.3, -0.25) is 4.79 Å². The molecule has 0 fully saturated rings. The topological polar surface area (TPSA) is 40.5 Å². The fraction of sp³-hybridized carbons (Fsp3) is 0.900. The molecule has 1 N–H and O–H groups in total. The summed E-state index contributed by atoms with van der Waals surface area (Å²) < 4.78 is 35.8. The zero-order chi connectivity index (χ0) is 13.5. The van der Waals surface area contributed by atoms with Crippen LogP contribution in [-0.4, -0.2) is 46.4 Å². The van der Waals surface area contributed by atoms with Gasteiger partial charge in [0.25, 0.3) is 0 Å². The zero-order valence-corrected chi connectivity index (χ0v) is 10.8. The maximum atomic E-state index is 11.9. The molecule has 0 unspecified atom stereocenters. The van der Waals surface area contributed by atoms with E-state index in [1.807, 2.05) is 18.7 Å². The molecule has 7 heteroatoms. The van der Waals surface area contributed by atoms with E-state index in [2.05, 4.69) is 0 Å². The van der Waals surface area contributed by atoms with E-state index in [9.17, 15) is 18.0 Å². The van der Waals surface area contributed by atoms with E-state index < -0.39 is 11.5 Å². The summed E-state index contributed by atoms with van der Waals surface area (Å²) in [5, 5.41) is 8.48. The van der Waals surface area contributed by atoms with Crippen LogP contribution in [0.5, 0.6) is 0 Å². The maximum Gasteiger partial charge on any atom is 0.441 e. The maximum absolute atomic E-state index is 11.9. The molecule has 0 amide bonds. The Morgan fingerprint density at radius 3 is 2.35 bits per heavy atom. The molecule has 17 heavy (non-hydrogen) atoms. The van der Waals surface area contributed by atoms with Gasteiger partial charge >= 0.3 is 11.5 Å². The highest BCUT2D eigenvalue weighted by Gasteiger charge is 2.28. The van der Waals surface area contributed by atoms with Crippen LogP contribution in [-0.2, 0) is 4.79 Å². The monoisotopic (exact) mass is 273 g/mol. The van der Waals surface area contributed by atoms with Crippen LogP contribution in [0.4, 0.5) is 13.2 Å². The number of nitrogens with zero attached hydrogens (tertiary/aromatic N) is 1. The van der Waals surface area contributed by atoms with Gasteiger partial charge in [-0.15, -0.1) is 0 Å². The van der Waals surface area contributed by atoms with E-state index in [-0.39, 0.29) is 30.0 Å². The molecule has 0 bridgehead atoms. The van der Waals surface area contributed by atoms with Gasteiger partial charge in [-0.2, -0.15) is 13.2 Å². The minimum Gasteiger partial charge on any atom is -0.481 e. The predicted molar refractivity (Wildman–Crippen MR) is 62.1 cm³/mol. The molecule has 0 saturated carbocycles. The van der Waals surface area contributed by atoms with Crippen molar-refractivity contribution in [1.82, 2.24) is 4.90 Å². The number of carboxylic acid groups (broad SMARTS) is 1. The normalized spacial score (nSPS) is 12.4. The van der Waals surface area contributed by atoms with Crippen LogP contribution in [0.1, 0.15) is 26.7 Å². The molecule has 0 aromatic heterocycles. The molecule has 0 aliphatic carbocycles. The number of halogens is 3. The van der Waals surface area contributed by atoms with Gasteiger partial charge in [0.2, 0.25) is 0 Å². The van der Waals surface area contributed by atoms with Crippen molar-refractivity contribution in [2.75, 3.05) is 18.8 Å². The first kappa shape index (κ1) is 16.6. The van der Waals surface area contributed by atoms with E-state index in [1.54, 1.807) is 0 Å². The third-order valence-corrected chi connectivity index (χ3v) is 2.92. The molecule has 0 aliphatic rings. The van der Waals surface area contributed by atoms with Gasteiger partial charge in [-0.05, 0) is 38.6 Å². The highest BCUT2D eigenvalue weighted by atomic mass is 32.2. The number of aliphatic carboxylic acids is 1. The van der Waals surface area contributed by atoms with Crippen molar-refractivity contribution >= 4 is 17.7 Å². The quantitative estimate of drug-likeness (QED) is 0.738. The summed E-state index contributed by atoms with van der Waals surface area (Å²) in [5.41, 5.74) is -4.19. The number of carboxylic acids is 1. The van der Waals surface area contributed by atoms with Gasteiger partial charge in [0.15, 0.2) is 0 Å². The Kier molecular flexibility index (Phi) is 7.61. The fourth-order valence-corrected chi connectivity index (χ4v) is 1.90. The van der Waals surface area contributed by atoms with Crippen LogP contribution < -0.4 is 0 Å². The minimum absolute atomic E-state index is 0.0191. The Morgan fingerprint density at radius 2 is 1.94 bits per heavy atom. The molecule has 0 radical (unpaired) electrons. The van der Waals surface area contributed by atoms with E-state index >= 15 is 0 Å². The summed E-state index contributed by atoms with van der Waals surface area (Å²) in [6, 6.07) is 0.123. The van der Waals surface area contributed by atoms with Crippen LogP contribution in [0, 0.1) is 0 Å². The highest BCUT2D eigenvalue weighted by Crippen LogP contribution is 2.29. The second kappa shape index (κ2) is 7.81. The third kappa shape index (κ3) is 10.4. The van der Waals surface area contributed by atoms with Crippen LogP contribution >= 0.6 is 11.8 Å². The van der Waals surface area contributed by atoms with Crippen molar-refractivity contribution in [3.05, 3.63) is 0 Å². The standard InChI is InChI=1S/C10H18F3NO2S/c1-8(2)14(5-3-4-9(15)16)6-7-17-10(11,12)13/h8H,3-7H2,1-2H3,(H,15,16). The van der Waals surface area contributed by atoms with E-state index in [0.717, 1.165) is 0 Å². The summed E-state index contributed by atoms with van der Waals surface area (Å²) in [6.07, 6.45) is 0.514. The van der Waals surface area contributed by atoms with E-state index in [1.165, 1.54) is 0 Å². The van der Waals surface area contributed by atoms with Gasteiger partial charge in [-0.25, -0.2) is 0 Å².